The smallest absolute Gasteiger partial charge is 0.269 e. The van der Waals surface area contributed by atoms with Crippen LogP contribution in [0, 0.1) is 24.4 Å². The maximum absolute atomic E-state index is 14.5. The molecule has 0 fully saturated rings. The van der Waals surface area contributed by atoms with Crippen molar-refractivity contribution in [3.63, 3.8) is 0 Å². The third-order valence-corrected chi connectivity index (χ3v) is 5.06. The van der Waals surface area contributed by atoms with Gasteiger partial charge in [0.2, 0.25) is 0 Å². The molecule has 0 atom stereocenters. The Hall–Kier alpha value is -2.06. The lowest BCUT2D eigenvalue weighted by Crippen LogP contribution is -2.23. The van der Waals surface area contributed by atoms with Crippen molar-refractivity contribution in [1.82, 2.24) is 9.72 Å². The summed E-state index contributed by atoms with van der Waals surface area (Å²) >= 11 is 9.31. The average Bonchev–Trinajstić information content (AvgIpc) is 2.89. The molecule has 2 heterocycles. The van der Waals surface area contributed by atoms with E-state index in [4.69, 9.17) is 16.1 Å². The zero-order valence-electron chi connectivity index (χ0n) is 13.5. The SMILES string of the molecule is CCn1c(-c2c(F)cc(F)cc2F)c(-c2noc(C)c2Br)cc(Cl)c1=O. The largest absolute Gasteiger partial charge is 0.360 e. The van der Waals surface area contributed by atoms with E-state index in [1.165, 1.54) is 6.07 Å². The minimum atomic E-state index is -1.15. The molecule has 0 aliphatic carbocycles. The number of rotatable bonds is 3. The van der Waals surface area contributed by atoms with Crippen LogP contribution >= 0.6 is 27.5 Å². The van der Waals surface area contributed by atoms with E-state index in [1.807, 2.05) is 0 Å². The third kappa shape index (κ3) is 2.97. The van der Waals surface area contributed by atoms with Crippen molar-refractivity contribution in [3.8, 4) is 22.5 Å². The van der Waals surface area contributed by atoms with E-state index in [9.17, 15) is 18.0 Å². The van der Waals surface area contributed by atoms with Crippen LogP contribution in [0.25, 0.3) is 22.5 Å². The van der Waals surface area contributed by atoms with Gasteiger partial charge in [-0.15, -0.1) is 0 Å². The maximum atomic E-state index is 14.5. The van der Waals surface area contributed by atoms with Crippen LogP contribution in [0.3, 0.4) is 0 Å². The summed E-state index contributed by atoms with van der Waals surface area (Å²) in [4.78, 5) is 12.4. The molecule has 4 nitrogen and oxygen atoms in total. The van der Waals surface area contributed by atoms with Gasteiger partial charge >= 0.3 is 0 Å². The Labute approximate surface area is 159 Å². The summed E-state index contributed by atoms with van der Waals surface area (Å²) in [5.41, 5.74) is -0.905. The second-order valence-corrected chi connectivity index (χ2v) is 6.65. The zero-order chi connectivity index (χ0) is 19.2. The molecule has 2 aromatic heterocycles. The second-order valence-electron chi connectivity index (χ2n) is 5.45. The first kappa shape index (κ1) is 18.7. The van der Waals surface area contributed by atoms with Crippen LogP contribution in [-0.4, -0.2) is 9.72 Å². The monoisotopic (exact) mass is 446 g/mol. The predicted molar refractivity (Wildman–Crippen MR) is 94.6 cm³/mol. The molecule has 0 aliphatic rings. The van der Waals surface area contributed by atoms with Gasteiger partial charge in [-0.05, 0) is 35.8 Å². The van der Waals surface area contributed by atoms with Crippen molar-refractivity contribution in [3.05, 3.63) is 61.3 Å². The number of hydrogen-bond donors (Lipinski definition) is 0. The number of aryl methyl sites for hydroxylation is 1. The normalized spacial score (nSPS) is 11.2. The molecule has 3 aromatic rings. The summed E-state index contributed by atoms with van der Waals surface area (Å²) < 4.78 is 48.9. The van der Waals surface area contributed by atoms with E-state index in [1.54, 1.807) is 13.8 Å². The third-order valence-electron chi connectivity index (χ3n) is 3.85. The molecular weight excluding hydrogens is 437 g/mol. The summed E-state index contributed by atoms with van der Waals surface area (Å²) in [6.07, 6.45) is 0. The van der Waals surface area contributed by atoms with E-state index in [0.717, 1.165) is 4.57 Å². The Morgan fingerprint density at radius 3 is 2.35 bits per heavy atom. The fourth-order valence-electron chi connectivity index (χ4n) is 2.68. The fraction of sp³-hybridized carbons (Fsp3) is 0.176. The molecule has 0 amide bonds. The Morgan fingerprint density at radius 2 is 1.85 bits per heavy atom. The molecule has 0 N–H and O–H groups in total. The van der Waals surface area contributed by atoms with Crippen molar-refractivity contribution in [2.75, 3.05) is 0 Å². The molecule has 9 heteroatoms. The predicted octanol–water partition coefficient (Wildman–Crippen LogP) is 5.33. The van der Waals surface area contributed by atoms with Gasteiger partial charge in [0.25, 0.3) is 5.56 Å². The summed E-state index contributed by atoms with van der Waals surface area (Å²) in [6, 6.07) is 2.35. The van der Waals surface area contributed by atoms with Gasteiger partial charge in [0, 0.05) is 24.2 Å². The molecule has 0 radical (unpaired) electrons. The minimum Gasteiger partial charge on any atom is -0.360 e. The molecular formula is C17H11BrClF3N2O2. The quantitative estimate of drug-likeness (QED) is 0.545. The molecule has 136 valence electrons. The van der Waals surface area contributed by atoms with E-state index in [0.29, 0.717) is 22.4 Å². The standard InChI is InChI=1S/C17H11BrClF3N2O2/c1-3-24-16(13-11(21)4-8(20)5-12(13)22)9(6-10(19)17(24)25)15-14(18)7(2)26-23-15/h4-6H,3H2,1-2H3. The van der Waals surface area contributed by atoms with Crippen molar-refractivity contribution in [1.29, 1.82) is 0 Å². The van der Waals surface area contributed by atoms with Crippen molar-refractivity contribution < 1.29 is 17.7 Å². The first-order valence-electron chi connectivity index (χ1n) is 7.46. The average molecular weight is 448 g/mol. The van der Waals surface area contributed by atoms with Gasteiger partial charge in [0.05, 0.1) is 15.7 Å². The van der Waals surface area contributed by atoms with Crippen LogP contribution in [0.1, 0.15) is 12.7 Å². The molecule has 0 spiro atoms. The van der Waals surface area contributed by atoms with Gasteiger partial charge in [0.1, 0.15) is 33.9 Å². The van der Waals surface area contributed by atoms with Crippen LogP contribution in [0.5, 0.6) is 0 Å². The van der Waals surface area contributed by atoms with Gasteiger partial charge in [-0.1, -0.05) is 16.8 Å². The van der Waals surface area contributed by atoms with Crippen LogP contribution < -0.4 is 5.56 Å². The van der Waals surface area contributed by atoms with Crippen LogP contribution in [0.2, 0.25) is 5.02 Å². The van der Waals surface area contributed by atoms with Crippen LogP contribution in [-0.2, 0) is 6.54 Å². The summed E-state index contributed by atoms with van der Waals surface area (Å²) in [5, 5.41) is 3.73. The second kappa shape index (κ2) is 6.92. The Balaban J connectivity index is 2.50. The summed E-state index contributed by atoms with van der Waals surface area (Å²) in [7, 11) is 0. The first-order chi connectivity index (χ1) is 12.3. The molecule has 26 heavy (non-hydrogen) atoms. The van der Waals surface area contributed by atoms with Gasteiger partial charge in [-0.25, -0.2) is 13.2 Å². The molecule has 0 saturated heterocycles. The summed E-state index contributed by atoms with van der Waals surface area (Å²) in [5.74, 6) is -2.94. The van der Waals surface area contributed by atoms with Gasteiger partial charge in [-0.2, -0.15) is 0 Å². The lowest BCUT2D eigenvalue weighted by atomic mass is 10.0. The maximum Gasteiger partial charge on any atom is 0.269 e. The first-order valence-corrected chi connectivity index (χ1v) is 8.63. The number of pyridine rings is 1. The lowest BCUT2D eigenvalue weighted by molar-refractivity contribution is 0.399. The van der Waals surface area contributed by atoms with Crippen molar-refractivity contribution in [2.45, 2.75) is 20.4 Å². The Kier molecular flexibility index (Phi) is 4.98. The topological polar surface area (TPSA) is 48.0 Å². The van der Waals surface area contributed by atoms with Gasteiger partial charge in [-0.3, -0.25) is 4.79 Å². The highest BCUT2D eigenvalue weighted by atomic mass is 79.9. The number of benzene rings is 1. The zero-order valence-corrected chi connectivity index (χ0v) is 15.9. The van der Waals surface area contributed by atoms with Gasteiger partial charge < -0.3 is 9.09 Å². The Bertz CT molecular complexity index is 1060. The number of aromatic nitrogens is 2. The molecule has 0 unspecified atom stereocenters. The number of nitrogens with zero attached hydrogens (tertiary/aromatic N) is 2. The lowest BCUT2D eigenvalue weighted by Gasteiger charge is -2.17. The van der Waals surface area contributed by atoms with Gasteiger partial charge in [0.15, 0.2) is 0 Å². The summed E-state index contributed by atoms with van der Waals surface area (Å²) in [6.45, 7) is 3.33. The number of hydrogen-bond acceptors (Lipinski definition) is 3. The highest BCUT2D eigenvalue weighted by Gasteiger charge is 2.26. The Morgan fingerprint density at radius 1 is 1.23 bits per heavy atom. The van der Waals surface area contributed by atoms with Crippen LogP contribution in [0.15, 0.2) is 32.0 Å². The van der Waals surface area contributed by atoms with E-state index >= 15 is 0 Å². The fourth-order valence-corrected chi connectivity index (χ4v) is 3.25. The van der Waals surface area contributed by atoms with E-state index in [-0.39, 0.29) is 28.5 Å². The van der Waals surface area contributed by atoms with Crippen LogP contribution in [0.4, 0.5) is 13.2 Å². The number of halogens is 5. The minimum absolute atomic E-state index is 0.0758. The van der Waals surface area contributed by atoms with Crippen molar-refractivity contribution >= 4 is 27.5 Å². The van der Waals surface area contributed by atoms with E-state index < -0.39 is 28.6 Å². The molecule has 1 aromatic carbocycles. The molecule has 0 bridgehead atoms. The molecule has 3 rings (SSSR count). The highest BCUT2D eigenvalue weighted by Crippen LogP contribution is 2.39. The molecule has 0 aliphatic heterocycles. The van der Waals surface area contributed by atoms with E-state index in [2.05, 4.69) is 21.1 Å². The van der Waals surface area contributed by atoms with Crippen molar-refractivity contribution in [2.24, 2.45) is 0 Å². The molecule has 0 saturated carbocycles. The highest BCUT2D eigenvalue weighted by molar-refractivity contribution is 9.10.